The molecule has 134 valence electrons. The van der Waals surface area contributed by atoms with Crippen molar-refractivity contribution in [2.45, 2.75) is 24.7 Å². The molecule has 0 aliphatic carbocycles. The summed E-state index contributed by atoms with van der Waals surface area (Å²) in [5.41, 5.74) is -0.448. The van der Waals surface area contributed by atoms with Crippen LogP contribution in [0.2, 0.25) is 0 Å². The van der Waals surface area contributed by atoms with Gasteiger partial charge in [0.25, 0.3) is 5.56 Å². The molecule has 3 heterocycles. The SMILES string of the molecule is CC1CCN(C(=O)CSc2ccnc3c2c(=O)n(C)c(=O)n3C)CC1. The van der Waals surface area contributed by atoms with E-state index in [0.29, 0.717) is 21.8 Å². The van der Waals surface area contributed by atoms with Crippen LogP contribution in [0.1, 0.15) is 19.8 Å². The van der Waals surface area contributed by atoms with E-state index in [4.69, 9.17) is 0 Å². The standard InChI is InChI=1S/C17H22N4O3S/c1-11-5-8-21(9-6-11)13(22)10-25-12-4-7-18-15-14(12)16(23)20(3)17(24)19(15)2/h4,7,11H,5-6,8-10H2,1-3H3. The van der Waals surface area contributed by atoms with Crippen molar-refractivity contribution in [2.24, 2.45) is 20.0 Å². The second kappa shape index (κ2) is 7.03. The highest BCUT2D eigenvalue weighted by Gasteiger charge is 2.21. The maximum atomic E-state index is 12.5. The first kappa shape index (κ1) is 17.7. The van der Waals surface area contributed by atoms with Crippen LogP contribution in [-0.2, 0) is 18.9 Å². The highest BCUT2D eigenvalue weighted by Crippen LogP contribution is 2.24. The third kappa shape index (κ3) is 3.35. The van der Waals surface area contributed by atoms with Crippen LogP contribution in [0, 0.1) is 5.92 Å². The summed E-state index contributed by atoms with van der Waals surface area (Å²) in [5.74, 6) is 1.04. The molecule has 0 atom stereocenters. The van der Waals surface area contributed by atoms with Crippen LogP contribution in [0.15, 0.2) is 26.7 Å². The molecule has 2 aromatic heterocycles. The van der Waals surface area contributed by atoms with Gasteiger partial charge in [0, 0.05) is 38.3 Å². The number of hydrogen-bond acceptors (Lipinski definition) is 5. The zero-order chi connectivity index (χ0) is 18.1. The van der Waals surface area contributed by atoms with Crippen molar-refractivity contribution >= 4 is 28.7 Å². The number of carbonyl (C=O) groups is 1. The molecule has 0 bridgehead atoms. The van der Waals surface area contributed by atoms with Gasteiger partial charge in [-0.2, -0.15) is 0 Å². The number of hydrogen-bond donors (Lipinski definition) is 0. The van der Waals surface area contributed by atoms with Gasteiger partial charge in [0.1, 0.15) is 5.65 Å². The Kier molecular flexibility index (Phi) is 4.99. The van der Waals surface area contributed by atoms with Crippen LogP contribution in [0.25, 0.3) is 11.0 Å². The maximum Gasteiger partial charge on any atom is 0.332 e. The average molecular weight is 362 g/mol. The molecule has 2 aromatic rings. The van der Waals surface area contributed by atoms with Gasteiger partial charge in [-0.25, -0.2) is 9.78 Å². The van der Waals surface area contributed by atoms with Crippen LogP contribution < -0.4 is 11.2 Å². The van der Waals surface area contributed by atoms with Crippen molar-refractivity contribution in [3.8, 4) is 0 Å². The lowest BCUT2D eigenvalue weighted by molar-refractivity contribution is -0.129. The van der Waals surface area contributed by atoms with Crippen molar-refractivity contribution in [3.63, 3.8) is 0 Å². The lowest BCUT2D eigenvalue weighted by atomic mass is 9.99. The first-order chi connectivity index (χ1) is 11.9. The van der Waals surface area contributed by atoms with Crippen LogP contribution in [0.5, 0.6) is 0 Å². The molecular formula is C17H22N4O3S. The Hall–Kier alpha value is -2.09. The summed E-state index contributed by atoms with van der Waals surface area (Å²) >= 11 is 1.33. The molecule has 0 radical (unpaired) electrons. The van der Waals surface area contributed by atoms with E-state index >= 15 is 0 Å². The minimum Gasteiger partial charge on any atom is -0.342 e. The van der Waals surface area contributed by atoms with Crippen LogP contribution >= 0.6 is 11.8 Å². The molecule has 25 heavy (non-hydrogen) atoms. The average Bonchev–Trinajstić information content (AvgIpc) is 2.62. The summed E-state index contributed by atoms with van der Waals surface area (Å²) in [6.07, 6.45) is 3.64. The van der Waals surface area contributed by atoms with Gasteiger partial charge in [-0.15, -0.1) is 11.8 Å². The number of nitrogens with zero attached hydrogens (tertiary/aromatic N) is 4. The third-order valence-electron chi connectivity index (χ3n) is 4.79. The fourth-order valence-electron chi connectivity index (χ4n) is 3.07. The lowest BCUT2D eigenvalue weighted by Gasteiger charge is -2.30. The summed E-state index contributed by atoms with van der Waals surface area (Å²) in [5, 5.41) is 0.386. The molecule has 1 amide bonds. The van der Waals surface area contributed by atoms with E-state index in [1.165, 1.54) is 23.4 Å². The minimum absolute atomic E-state index is 0.0866. The lowest BCUT2D eigenvalue weighted by Crippen LogP contribution is -2.39. The van der Waals surface area contributed by atoms with E-state index < -0.39 is 5.69 Å². The van der Waals surface area contributed by atoms with Gasteiger partial charge < -0.3 is 4.90 Å². The maximum absolute atomic E-state index is 12.5. The quantitative estimate of drug-likeness (QED) is 0.761. The Morgan fingerprint density at radius 3 is 2.60 bits per heavy atom. The van der Waals surface area contributed by atoms with E-state index in [9.17, 15) is 14.4 Å². The Labute approximate surface area is 149 Å². The fourth-order valence-corrected chi connectivity index (χ4v) is 4.01. The Bertz CT molecular complexity index is 926. The van der Waals surface area contributed by atoms with Crippen LogP contribution in [0.4, 0.5) is 0 Å². The monoisotopic (exact) mass is 362 g/mol. The van der Waals surface area contributed by atoms with E-state index in [2.05, 4.69) is 11.9 Å². The number of thioether (sulfide) groups is 1. The van der Waals surface area contributed by atoms with Gasteiger partial charge in [0.2, 0.25) is 5.91 Å². The molecule has 0 unspecified atom stereocenters. The Morgan fingerprint density at radius 1 is 1.24 bits per heavy atom. The molecule has 3 rings (SSSR count). The summed E-state index contributed by atoms with van der Waals surface area (Å²) in [6.45, 7) is 3.81. The van der Waals surface area contributed by atoms with E-state index in [1.807, 2.05) is 4.90 Å². The predicted octanol–water partition coefficient (Wildman–Crippen LogP) is 0.983. The summed E-state index contributed by atoms with van der Waals surface area (Å²) in [4.78, 5) is 43.7. The van der Waals surface area contributed by atoms with Gasteiger partial charge in [0.15, 0.2) is 0 Å². The van der Waals surface area contributed by atoms with Crippen LogP contribution in [0.3, 0.4) is 0 Å². The molecule has 7 nitrogen and oxygen atoms in total. The zero-order valence-electron chi connectivity index (χ0n) is 14.7. The molecule has 1 aliphatic heterocycles. The molecule has 1 fully saturated rings. The van der Waals surface area contributed by atoms with Gasteiger partial charge in [0.05, 0.1) is 11.1 Å². The summed E-state index contributed by atoms with van der Waals surface area (Å²) in [7, 11) is 3.04. The van der Waals surface area contributed by atoms with Gasteiger partial charge in [-0.1, -0.05) is 6.92 Å². The topological polar surface area (TPSA) is 77.2 Å². The van der Waals surface area contributed by atoms with E-state index in [1.54, 1.807) is 19.3 Å². The molecule has 0 N–H and O–H groups in total. The number of piperidine rings is 1. The van der Waals surface area contributed by atoms with Crippen molar-refractivity contribution in [2.75, 3.05) is 18.8 Å². The van der Waals surface area contributed by atoms with Crippen molar-refractivity contribution in [3.05, 3.63) is 33.1 Å². The van der Waals surface area contributed by atoms with Crippen molar-refractivity contribution < 1.29 is 4.79 Å². The minimum atomic E-state index is -0.411. The zero-order valence-corrected chi connectivity index (χ0v) is 15.5. The van der Waals surface area contributed by atoms with Gasteiger partial charge >= 0.3 is 5.69 Å². The summed E-state index contributed by atoms with van der Waals surface area (Å²) < 4.78 is 2.43. The molecule has 0 saturated carbocycles. The number of pyridine rings is 1. The molecule has 1 saturated heterocycles. The molecule has 0 aromatic carbocycles. The number of aryl methyl sites for hydroxylation is 1. The molecule has 8 heteroatoms. The van der Waals surface area contributed by atoms with Crippen LogP contribution in [-0.4, -0.2) is 43.8 Å². The number of fused-ring (bicyclic) bond motifs is 1. The second-order valence-electron chi connectivity index (χ2n) is 6.57. The fraction of sp³-hybridized carbons (Fsp3) is 0.529. The number of rotatable bonds is 3. The predicted molar refractivity (Wildman–Crippen MR) is 97.9 cm³/mol. The number of likely N-dealkylation sites (tertiary alicyclic amines) is 1. The van der Waals surface area contributed by atoms with E-state index in [-0.39, 0.29) is 17.2 Å². The highest BCUT2D eigenvalue weighted by atomic mass is 32.2. The molecule has 0 spiro atoms. The Balaban J connectivity index is 1.86. The first-order valence-corrected chi connectivity index (χ1v) is 9.34. The molecule has 1 aliphatic rings. The normalized spacial score (nSPS) is 15.7. The van der Waals surface area contributed by atoms with Gasteiger partial charge in [-0.3, -0.25) is 18.7 Å². The second-order valence-corrected chi connectivity index (χ2v) is 7.58. The number of amides is 1. The summed E-state index contributed by atoms with van der Waals surface area (Å²) in [6, 6.07) is 1.73. The highest BCUT2D eigenvalue weighted by molar-refractivity contribution is 8.00. The largest absolute Gasteiger partial charge is 0.342 e. The number of carbonyl (C=O) groups excluding carboxylic acids is 1. The Morgan fingerprint density at radius 2 is 1.92 bits per heavy atom. The van der Waals surface area contributed by atoms with Crippen molar-refractivity contribution in [1.29, 1.82) is 0 Å². The number of aromatic nitrogens is 3. The molecular weight excluding hydrogens is 340 g/mol. The first-order valence-electron chi connectivity index (χ1n) is 8.35. The van der Waals surface area contributed by atoms with Crippen molar-refractivity contribution in [1.82, 2.24) is 19.0 Å². The van der Waals surface area contributed by atoms with E-state index in [0.717, 1.165) is 30.5 Å². The third-order valence-corrected chi connectivity index (χ3v) is 5.83. The smallest absolute Gasteiger partial charge is 0.332 e. The van der Waals surface area contributed by atoms with Gasteiger partial charge in [-0.05, 0) is 24.8 Å².